The molecule has 3 N–H and O–H groups in total. The van der Waals surface area contributed by atoms with Gasteiger partial charge in [-0.2, -0.15) is 0 Å². The van der Waals surface area contributed by atoms with Crippen molar-refractivity contribution in [3.05, 3.63) is 24.4 Å². The highest BCUT2D eigenvalue weighted by Crippen LogP contribution is 2.12. The molecular weight excluding hydrogens is 216 g/mol. The molecule has 1 unspecified atom stereocenters. The maximum atomic E-state index is 9.50. The molecule has 0 aliphatic carbocycles. The van der Waals surface area contributed by atoms with Gasteiger partial charge in [0.15, 0.2) is 0 Å². The van der Waals surface area contributed by atoms with Crippen molar-refractivity contribution in [1.82, 2.24) is 9.88 Å². The smallest absolute Gasteiger partial charge is 0.128 e. The summed E-state index contributed by atoms with van der Waals surface area (Å²) in [7, 11) is 0. The van der Waals surface area contributed by atoms with Crippen molar-refractivity contribution in [2.45, 2.75) is 6.10 Å². The summed E-state index contributed by atoms with van der Waals surface area (Å²) >= 11 is 0. The lowest BCUT2D eigenvalue weighted by Gasteiger charge is -2.36. The van der Waals surface area contributed by atoms with Gasteiger partial charge in [0.05, 0.1) is 6.10 Å². The average molecular weight is 236 g/mol. The van der Waals surface area contributed by atoms with E-state index in [2.05, 4.69) is 14.8 Å². The van der Waals surface area contributed by atoms with Crippen LogP contribution in [-0.2, 0) is 0 Å². The monoisotopic (exact) mass is 236 g/mol. The fourth-order valence-corrected chi connectivity index (χ4v) is 2.07. The zero-order valence-corrected chi connectivity index (χ0v) is 10.00. The standard InChI is InChI=1S/C12H20N4O/c13-9-11(17)10-15-5-7-16(8-6-15)12-3-1-2-4-14-12/h1-4,11,17H,5-10,13H2. The van der Waals surface area contributed by atoms with Crippen LogP contribution in [0.1, 0.15) is 0 Å². The van der Waals surface area contributed by atoms with E-state index in [-0.39, 0.29) is 0 Å². The van der Waals surface area contributed by atoms with Gasteiger partial charge in [0.2, 0.25) is 0 Å². The number of hydrogen-bond acceptors (Lipinski definition) is 5. The average Bonchev–Trinajstić information content (AvgIpc) is 2.40. The zero-order chi connectivity index (χ0) is 12.1. The SMILES string of the molecule is NCC(O)CN1CCN(c2ccccn2)CC1. The number of β-amino-alcohol motifs (C(OH)–C–C–N with tert-alkyl or cyclic N) is 1. The van der Waals surface area contributed by atoms with Crippen molar-refractivity contribution < 1.29 is 5.11 Å². The fourth-order valence-electron chi connectivity index (χ4n) is 2.07. The number of aromatic nitrogens is 1. The highest BCUT2D eigenvalue weighted by molar-refractivity contribution is 5.38. The molecule has 0 spiro atoms. The predicted octanol–water partition coefficient (Wildman–Crippen LogP) is -0.477. The first-order valence-corrected chi connectivity index (χ1v) is 6.06. The molecule has 1 aliphatic rings. The topological polar surface area (TPSA) is 65.6 Å². The molecule has 5 nitrogen and oxygen atoms in total. The lowest BCUT2D eigenvalue weighted by atomic mass is 10.2. The summed E-state index contributed by atoms with van der Waals surface area (Å²) < 4.78 is 0. The number of nitrogens with zero attached hydrogens (tertiary/aromatic N) is 3. The second-order valence-electron chi connectivity index (χ2n) is 4.37. The summed E-state index contributed by atoms with van der Waals surface area (Å²) in [6.45, 7) is 4.82. The van der Waals surface area contributed by atoms with E-state index in [1.807, 2.05) is 24.4 Å². The summed E-state index contributed by atoms with van der Waals surface area (Å²) in [5.74, 6) is 1.03. The molecule has 94 valence electrons. The minimum atomic E-state index is -0.406. The Hall–Kier alpha value is -1.17. The molecule has 0 saturated carbocycles. The van der Waals surface area contributed by atoms with Gasteiger partial charge in [-0.25, -0.2) is 4.98 Å². The van der Waals surface area contributed by atoms with Crippen molar-refractivity contribution in [1.29, 1.82) is 0 Å². The van der Waals surface area contributed by atoms with E-state index in [1.54, 1.807) is 0 Å². The number of rotatable bonds is 4. The van der Waals surface area contributed by atoms with Gasteiger partial charge in [0.1, 0.15) is 5.82 Å². The molecule has 17 heavy (non-hydrogen) atoms. The van der Waals surface area contributed by atoms with Crippen molar-refractivity contribution in [3.63, 3.8) is 0 Å². The lowest BCUT2D eigenvalue weighted by molar-refractivity contribution is 0.115. The Kier molecular flexibility index (Phi) is 4.30. The molecule has 0 amide bonds. The number of aliphatic hydroxyl groups excluding tert-OH is 1. The molecule has 1 aliphatic heterocycles. The van der Waals surface area contributed by atoms with Crippen LogP contribution in [0.4, 0.5) is 5.82 Å². The number of anilines is 1. The molecule has 2 heterocycles. The molecule has 1 aromatic rings. The summed E-state index contributed by atoms with van der Waals surface area (Å²) in [5.41, 5.74) is 5.41. The van der Waals surface area contributed by atoms with Crippen molar-refractivity contribution in [2.24, 2.45) is 5.73 Å². The molecule has 0 radical (unpaired) electrons. The summed E-state index contributed by atoms with van der Waals surface area (Å²) in [4.78, 5) is 8.86. The molecular formula is C12H20N4O. The fraction of sp³-hybridized carbons (Fsp3) is 0.583. The van der Waals surface area contributed by atoms with Gasteiger partial charge < -0.3 is 15.7 Å². The molecule has 0 aromatic carbocycles. The van der Waals surface area contributed by atoms with Crippen molar-refractivity contribution in [3.8, 4) is 0 Å². The van der Waals surface area contributed by atoms with Crippen LogP contribution in [0.3, 0.4) is 0 Å². The third kappa shape index (κ3) is 3.39. The first kappa shape index (κ1) is 12.3. The summed E-state index contributed by atoms with van der Waals surface area (Å²) in [5, 5.41) is 9.50. The molecule has 1 saturated heterocycles. The molecule has 1 fully saturated rings. The van der Waals surface area contributed by atoms with Gasteiger partial charge in [-0.05, 0) is 12.1 Å². The van der Waals surface area contributed by atoms with Crippen molar-refractivity contribution >= 4 is 5.82 Å². The maximum absolute atomic E-state index is 9.50. The van der Waals surface area contributed by atoms with E-state index in [1.165, 1.54) is 0 Å². The first-order valence-electron chi connectivity index (χ1n) is 6.06. The van der Waals surface area contributed by atoms with Gasteiger partial charge in [0.25, 0.3) is 0 Å². The van der Waals surface area contributed by atoms with Crippen LogP contribution in [0.5, 0.6) is 0 Å². The zero-order valence-electron chi connectivity index (χ0n) is 10.00. The van der Waals surface area contributed by atoms with E-state index in [0.717, 1.165) is 32.0 Å². The molecule has 1 aromatic heterocycles. The highest BCUT2D eigenvalue weighted by atomic mass is 16.3. The number of piperazine rings is 1. The summed E-state index contributed by atoms with van der Waals surface area (Å²) in [6.07, 6.45) is 1.41. The van der Waals surface area contributed by atoms with Gasteiger partial charge in [0, 0.05) is 45.5 Å². The Morgan fingerprint density at radius 1 is 1.29 bits per heavy atom. The van der Waals surface area contributed by atoms with E-state index < -0.39 is 6.10 Å². The Morgan fingerprint density at radius 3 is 2.65 bits per heavy atom. The van der Waals surface area contributed by atoms with Gasteiger partial charge in [-0.1, -0.05) is 6.07 Å². The number of aliphatic hydroxyl groups is 1. The minimum absolute atomic E-state index is 0.334. The van der Waals surface area contributed by atoms with E-state index in [4.69, 9.17) is 5.73 Å². The third-order valence-electron chi connectivity index (χ3n) is 3.09. The molecule has 2 rings (SSSR count). The van der Waals surface area contributed by atoms with Crippen LogP contribution >= 0.6 is 0 Å². The van der Waals surface area contributed by atoms with E-state index >= 15 is 0 Å². The van der Waals surface area contributed by atoms with Crippen LogP contribution in [0, 0.1) is 0 Å². The first-order chi connectivity index (χ1) is 8.29. The van der Waals surface area contributed by atoms with E-state index in [9.17, 15) is 5.11 Å². The van der Waals surface area contributed by atoms with Crippen LogP contribution in [0.2, 0.25) is 0 Å². The lowest BCUT2D eigenvalue weighted by Crippen LogP contribution is -2.49. The molecule has 1 atom stereocenters. The quantitative estimate of drug-likeness (QED) is 0.739. The second kappa shape index (κ2) is 5.95. The molecule has 5 heteroatoms. The number of hydrogen-bond donors (Lipinski definition) is 2. The van der Waals surface area contributed by atoms with Crippen LogP contribution in [0.15, 0.2) is 24.4 Å². The second-order valence-corrected chi connectivity index (χ2v) is 4.37. The normalized spacial score (nSPS) is 19.3. The third-order valence-corrected chi connectivity index (χ3v) is 3.09. The predicted molar refractivity (Wildman–Crippen MR) is 68.0 cm³/mol. The van der Waals surface area contributed by atoms with Crippen LogP contribution < -0.4 is 10.6 Å². The minimum Gasteiger partial charge on any atom is -0.390 e. The van der Waals surface area contributed by atoms with Gasteiger partial charge in [-0.15, -0.1) is 0 Å². The maximum Gasteiger partial charge on any atom is 0.128 e. The number of pyridine rings is 1. The van der Waals surface area contributed by atoms with Crippen LogP contribution in [-0.4, -0.2) is 60.4 Å². The Balaban J connectivity index is 1.82. The Morgan fingerprint density at radius 2 is 2.06 bits per heavy atom. The largest absolute Gasteiger partial charge is 0.390 e. The van der Waals surface area contributed by atoms with Crippen LogP contribution in [0.25, 0.3) is 0 Å². The van der Waals surface area contributed by atoms with E-state index in [0.29, 0.717) is 13.1 Å². The van der Waals surface area contributed by atoms with Gasteiger partial charge in [-0.3, -0.25) is 4.90 Å². The Bertz CT molecular complexity index is 325. The highest BCUT2D eigenvalue weighted by Gasteiger charge is 2.19. The number of nitrogens with two attached hydrogens (primary N) is 1. The van der Waals surface area contributed by atoms with Crippen molar-refractivity contribution in [2.75, 3.05) is 44.2 Å². The Labute approximate surface area is 102 Å². The van der Waals surface area contributed by atoms with Gasteiger partial charge >= 0.3 is 0 Å². The molecule has 0 bridgehead atoms. The summed E-state index contributed by atoms with van der Waals surface area (Å²) in [6, 6.07) is 5.97.